The molecule has 0 radical (unpaired) electrons. The van der Waals surface area contributed by atoms with Gasteiger partial charge in [0, 0.05) is 13.1 Å². The standard InChI is InChI=1S/C21H27N3O5S/c1-21(2,14-22)23-19(25)17-12-16(30(27,28)15-6-4-3-5-7-15)13-18(17)20(26)24-8-10-29-11-9-24/h3-7,16-18H,8-13H2,1-2H3,(H,23,25). The van der Waals surface area contributed by atoms with E-state index >= 15 is 0 Å². The number of morpholine rings is 1. The third-order valence-corrected chi connectivity index (χ3v) is 7.91. The van der Waals surface area contributed by atoms with Gasteiger partial charge < -0.3 is 15.0 Å². The zero-order valence-electron chi connectivity index (χ0n) is 17.2. The lowest BCUT2D eigenvalue weighted by molar-refractivity contribution is -0.144. The van der Waals surface area contributed by atoms with Gasteiger partial charge >= 0.3 is 0 Å². The summed E-state index contributed by atoms with van der Waals surface area (Å²) in [4.78, 5) is 28.0. The van der Waals surface area contributed by atoms with Crippen molar-refractivity contribution in [1.29, 1.82) is 5.26 Å². The Bertz CT molecular complexity index is 933. The summed E-state index contributed by atoms with van der Waals surface area (Å²) in [6.07, 6.45) is 0.129. The molecule has 3 rings (SSSR count). The lowest BCUT2D eigenvalue weighted by atomic mass is 9.92. The average molecular weight is 434 g/mol. The summed E-state index contributed by atoms with van der Waals surface area (Å²) in [7, 11) is -3.69. The Labute approximate surface area is 177 Å². The largest absolute Gasteiger partial charge is 0.378 e. The fourth-order valence-corrected chi connectivity index (χ4v) is 5.90. The monoisotopic (exact) mass is 433 g/mol. The van der Waals surface area contributed by atoms with E-state index in [2.05, 4.69) is 5.32 Å². The minimum atomic E-state index is -3.69. The minimum absolute atomic E-state index is 0.0469. The Morgan fingerprint density at radius 2 is 1.73 bits per heavy atom. The van der Waals surface area contributed by atoms with Gasteiger partial charge in [-0.1, -0.05) is 18.2 Å². The van der Waals surface area contributed by atoms with Crippen LogP contribution in [0.15, 0.2) is 35.2 Å². The van der Waals surface area contributed by atoms with E-state index in [0.717, 1.165) is 0 Å². The quantitative estimate of drug-likeness (QED) is 0.744. The number of hydrogen-bond donors (Lipinski definition) is 1. The number of sulfone groups is 1. The molecule has 1 aliphatic carbocycles. The van der Waals surface area contributed by atoms with E-state index in [1.165, 1.54) is 12.1 Å². The molecule has 0 aromatic heterocycles. The average Bonchev–Trinajstić information content (AvgIpc) is 3.21. The van der Waals surface area contributed by atoms with Gasteiger partial charge in [-0.05, 0) is 38.8 Å². The molecule has 0 bridgehead atoms. The molecule has 2 fully saturated rings. The SMILES string of the molecule is CC(C)(C#N)NC(=O)C1CC(S(=O)(=O)c2ccccc2)CC1C(=O)N1CCOCC1. The molecule has 9 heteroatoms. The number of carbonyl (C=O) groups excluding carboxylic acids is 2. The van der Waals surface area contributed by atoms with Crippen LogP contribution in [0.3, 0.4) is 0 Å². The Morgan fingerprint density at radius 3 is 2.33 bits per heavy atom. The van der Waals surface area contributed by atoms with Crippen LogP contribution in [-0.2, 0) is 24.2 Å². The Kier molecular flexibility index (Phi) is 6.48. The van der Waals surface area contributed by atoms with Crippen LogP contribution < -0.4 is 5.32 Å². The highest BCUT2D eigenvalue weighted by atomic mass is 32.2. The van der Waals surface area contributed by atoms with Crippen molar-refractivity contribution in [3.8, 4) is 6.07 Å². The van der Waals surface area contributed by atoms with Crippen molar-refractivity contribution in [2.75, 3.05) is 26.3 Å². The molecule has 0 spiro atoms. The molecule has 2 aliphatic rings. The number of hydrogen-bond acceptors (Lipinski definition) is 6. The number of nitriles is 1. The molecule has 3 unspecified atom stereocenters. The molecule has 162 valence electrons. The highest BCUT2D eigenvalue weighted by molar-refractivity contribution is 7.92. The molecule has 8 nitrogen and oxygen atoms in total. The minimum Gasteiger partial charge on any atom is -0.378 e. The number of rotatable bonds is 5. The van der Waals surface area contributed by atoms with Crippen LogP contribution in [0.25, 0.3) is 0 Å². The first-order chi connectivity index (χ1) is 14.2. The first-order valence-electron chi connectivity index (χ1n) is 10.0. The van der Waals surface area contributed by atoms with Gasteiger partial charge in [-0.25, -0.2) is 8.42 Å². The number of ether oxygens (including phenoxy) is 1. The number of carbonyl (C=O) groups is 2. The van der Waals surface area contributed by atoms with Crippen LogP contribution in [0, 0.1) is 23.2 Å². The number of amides is 2. The van der Waals surface area contributed by atoms with Gasteiger partial charge in [0.15, 0.2) is 9.84 Å². The summed E-state index contributed by atoms with van der Waals surface area (Å²) in [5.41, 5.74) is -1.11. The topological polar surface area (TPSA) is 117 Å². The maximum Gasteiger partial charge on any atom is 0.226 e. The number of nitrogens with one attached hydrogen (secondary N) is 1. The second-order valence-electron chi connectivity index (χ2n) is 8.33. The Hall–Kier alpha value is -2.44. The maximum atomic E-state index is 13.2. The highest BCUT2D eigenvalue weighted by Crippen LogP contribution is 2.40. The van der Waals surface area contributed by atoms with Crippen LogP contribution in [-0.4, -0.2) is 62.2 Å². The smallest absolute Gasteiger partial charge is 0.226 e. The molecule has 1 aromatic carbocycles. The van der Waals surface area contributed by atoms with Crippen LogP contribution in [0.2, 0.25) is 0 Å². The van der Waals surface area contributed by atoms with Crippen molar-refractivity contribution in [3.05, 3.63) is 30.3 Å². The van der Waals surface area contributed by atoms with Gasteiger partial charge in [0.05, 0.1) is 41.3 Å². The second kappa shape index (κ2) is 8.74. The summed E-state index contributed by atoms with van der Waals surface area (Å²) < 4.78 is 31.6. The van der Waals surface area contributed by atoms with E-state index in [0.29, 0.717) is 26.3 Å². The van der Waals surface area contributed by atoms with Gasteiger partial charge in [-0.3, -0.25) is 9.59 Å². The van der Waals surface area contributed by atoms with E-state index in [9.17, 15) is 23.3 Å². The van der Waals surface area contributed by atoms with E-state index in [-0.39, 0.29) is 23.6 Å². The molecule has 1 saturated carbocycles. The molecule has 1 aliphatic heterocycles. The van der Waals surface area contributed by atoms with Crippen LogP contribution in [0.5, 0.6) is 0 Å². The van der Waals surface area contributed by atoms with Crippen molar-refractivity contribution in [2.45, 2.75) is 42.4 Å². The molecule has 1 heterocycles. The number of benzene rings is 1. The highest BCUT2D eigenvalue weighted by Gasteiger charge is 2.49. The van der Waals surface area contributed by atoms with Crippen LogP contribution in [0.1, 0.15) is 26.7 Å². The van der Waals surface area contributed by atoms with Gasteiger partial charge in [0.25, 0.3) is 0 Å². The zero-order chi connectivity index (χ0) is 21.9. The molecule has 1 saturated heterocycles. The molecular formula is C21H27N3O5S. The zero-order valence-corrected chi connectivity index (χ0v) is 18.0. The third-order valence-electron chi connectivity index (χ3n) is 5.72. The summed E-state index contributed by atoms with van der Waals surface area (Å²) in [5.74, 6) is -2.24. The Morgan fingerprint density at radius 1 is 1.13 bits per heavy atom. The van der Waals surface area contributed by atoms with E-state index in [1.54, 1.807) is 36.9 Å². The molecule has 3 atom stereocenters. The molecular weight excluding hydrogens is 406 g/mol. The molecule has 30 heavy (non-hydrogen) atoms. The normalized spacial score (nSPS) is 24.8. The van der Waals surface area contributed by atoms with Crippen molar-refractivity contribution in [1.82, 2.24) is 10.2 Å². The third kappa shape index (κ3) is 4.65. The maximum absolute atomic E-state index is 13.2. The lowest BCUT2D eigenvalue weighted by Crippen LogP contribution is -2.49. The molecule has 1 N–H and O–H groups in total. The van der Waals surface area contributed by atoms with E-state index < -0.39 is 38.4 Å². The fourth-order valence-electron chi connectivity index (χ4n) is 4.06. The van der Waals surface area contributed by atoms with Crippen molar-refractivity contribution in [2.24, 2.45) is 11.8 Å². The fraction of sp³-hybridized carbons (Fsp3) is 0.571. The lowest BCUT2D eigenvalue weighted by Gasteiger charge is -2.31. The summed E-state index contributed by atoms with van der Waals surface area (Å²) in [5, 5.41) is 11.1. The van der Waals surface area contributed by atoms with Gasteiger partial charge in [-0.15, -0.1) is 0 Å². The molecule has 2 amide bonds. The first-order valence-corrected chi connectivity index (χ1v) is 11.6. The van der Waals surface area contributed by atoms with Gasteiger partial charge in [0.2, 0.25) is 11.8 Å². The van der Waals surface area contributed by atoms with Crippen molar-refractivity contribution >= 4 is 21.7 Å². The second-order valence-corrected chi connectivity index (χ2v) is 10.6. The number of nitrogens with zero attached hydrogens (tertiary/aromatic N) is 2. The van der Waals surface area contributed by atoms with E-state index in [1.807, 2.05) is 6.07 Å². The van der Waals surface area contributed by atoms with Gasteiger partial charge in [-0.2, -0.15) is 5.26 Å². The van der Waals surface area contributed by atoms with Gasteiger partial charge in [0.1, 0.15) is 5.54 Å². The molecule has 1 aromatic rings. The predicted octanol–water partition coefficient (Wildman–Crippen LogP) is 1.13. The van der Waals surface area contributed by atoms with Crippen LogP contribution in [0.4, 0.5) is 0 Å². The summed E-state index contributed by atoms with van der Waals surface area (Å²) in [6, 6.07) is 10.1. The van der Waals surface area contributed by atoms with E-state index in [4.69, 9.17) is 4.74 Å². The first kappa shape index (κ1) is 22.2. The predicted molar refractivity (Wildman–Crippen MR) is 109 cm³/mol. The van der Waals surface area contributed by atoms with Crippen molar-refractivity contribution < 1.29 is 22.7 Å². The van der Waals surface area contributed by atoms with Crippen LogP contribution >= 0.6 is 0 Å². The van der Waals surface area contributed by atoms with Crippen molar-refractivity contribution in [3.63, 3.8) is 0 Å². The summed E-state index contributed by atoms with van der Waals surface area (Å²) in [6.45, 7) is 4.81. The Balaban J connectivity index is 1.88. The summed E-state index contributed by atoms with van der Waals surface area (Å²) >= 11 is 0.